The SMILES string of the molecule is O=[N+]([O-])c1c(Nc2ccc(Cl)cc2)ncnc1Nc1ccc(Br)cc1. The summed E-state index contributed by atoms with van der Waals surface area (Å²) < 4.78 is 0.903. The van der Waals surface area contributed by atoms with Crippen molar-refractivity contribution in [3.05, 3.63) is 74.5 Å². The first kappa shape index (κ1) is 17.1. The lowest BCUT2D eigenvalue weighted by atomic mass is 10.3. The maximum Gasteiger partial charge on any atom is 0.353 e. The molecule has 0 aliphatic carbocycles. The van der Waals surface area contributed by atoms with Gasteiger partial charge in [0.2, 0.25) is 11.6 Å². The summed E-state index contributed by atoms with van der Waals surface area (Å²) in [4.78, 5) is 19.0. The Bertz CT molecular complexity index is 838. The topological polar surface area (TPSA) is 93.0 Å². The quantitative estimate of drug-likeness (QED) is 0.430. The number of rotatable bonds is 5. The van der Waals surface area contributed by atoms with Crippen molar-refractivity contribution < 1.29 is 4.92 Å². The molecule has 0 saturated carbocycles. The van der Waals surface area contributed by atoms with Crippen LogP contribution in [0.3, 0.4) is 0 Å². The molecular weight excluding hydrogens is 410 g/mol. The number of anilines is 4. The van der Waals surface area contributed by atoms with Crippen molar-refractivity contribution >= 4 is 56.2 Å². The zero-order chi connectivity index (χ0) is 17.8. The lowest BCUT2D eigenvalue weighted by Gasteiger charge is -2.10. The van der Waals surface area contributed by atoms with Crippen LogP contribution in [0, 0.1) is 10.1 Å². The van der Waals surface area contributed by atoms with Crippen molar-refractivity contribution in [3.8, 4) is 0 Å². The number of nitro groups is 1. The van der Waals surface area contributed by atoms with Crippen LogP contribution in [0.15, 0.2) is 59.3 Å². The second-order valence-corrected chi connectivity index (χ2v) is 6.29. The van der Waals surface area contributed by atoms with Crippen molar-refractivity contribution in [3.63, 3.8) is 0 Å². The van der Waals surface area contributed by atoms with Gasteiger partial charge in [-0.1, -0.05) is 27.5 Å². The molecule has 0 unspecified atom stereocenters. The Labute approximate surface area is 156 Å². The first-order valence-corrected chi connectivity index (χ1v) is 8.24. The molecule has 0 radical (unpaired) electrons. The maximum atomic E-state index is 11.5. The maximum absolute atomic E-state index is 11.5. The minimum Gasteiger partial charge on any atom is -0.334 e. The van der Waals surface area contributed by atoms with Crippen LogP contribution < -0.4 is 10.6 Å². The average molecular weight is 421 g/mol. The first-order valence-electron chi connectivity index (χ1n) is 7.07. The molecular formula is C16H11BrClN5O2. The molecule has 2 aromatic carbocycles. The molecule has 0 fully saturated rings. The highest BCUT2D eigenvalue weighted by molar-refractivity contribution is 9.10. The van der Waals surface area contributed by atoms with Gasteiger partial charge in [-0.25, -0.2) is 9.97 Å². The van der Waals surface area contributed by atoms with E-state index in [1.54, 1.807) is 36.4 Å². The van der Waals surface area contributed by atoms with Gasteiger partial charge in [0.25, 0.3) is 0 Å². The Balaban J connectivity index is 1.94. The molecule has 0 bridgehead atoms. The first-order chi connectivity index (χ1) is 12.0. The number of nitrogens with zero attached hydrogens (tertiary/aromatic N) is 3. The minimum absolute atomic E-state index is 0.0851. The molecule has 3 rings (SSSR count). The van der Waals surface area contributed by atoms with E-state index in [1.165, 1.54) is 6.33 Å². The lowest BCUT2D eigenvalue weighted by molar-refractivity contribution is -0.383. The fraction of sp³-hybridized carbons (Fsp3) is 0. The van der Waals surface area contributed by atoms with Crippen LogP contribution >= 0.6 is 27.5 Å². The standard InChI is InChI=1S/C16H11BrClN5O2/c17-10-1-5-12(6-2-10)21-15-14(23(24)25)16(20-9-19-15)22-13-7-3-11(18)4-8-13/h1-9H,(H2,19,20,21,22). The molecule has 0 spiro atoms. The zero-order valence-electron chi connectivity index (χ0n) is 12.6. The van der Waals surface area contributed by atoms with Crippen molar-refractivity contribution in [2.75, 3.05) is 10.6 Å². The van der Waals surface area contributed by atoms with E-state index in [0.717, 1.165) is 4.47 Å². The second kappa shape index (κ2) is 7.45. The normalized spacial score (nSPS) is 10.3. The van der Waals surface area contributed by atoms with Crippen LogP contribution in [0.4, 0.5) is 28.7 Å². The van der Waals surface area contributed by atoms with Gasteiger partial charge in [-0.3, -0.25) is 10.1 Å². The Morgan fingerprint density at radius 2 is 1.40 bits per heavy atom. The Kier molecular flexibility index (Phi) is 5.11. The molecule has 25 heavy (non-hydrogen) atoms. The number of aromatic nitrogens is 2. The molecule has 0 amide bonds. The summed E-state index contributed by atoms with van der Waals surface area (Å²) in [6.07, 6.45) is 1.26. The third kappa shape index (κ3) is 4.23. The molecule has 0 aliphatic rings. The molecule has 1 heterocycles. The summed E-state index contributed by atoms with van der Waals surface area (Å²) in [5.41, 5.74) is 1.05. The van der Waals surface area contributed by atoms with Crippen molar-refractivity contribution in [1.29, 1.82) is 0 Å². The van der Waals surface area contributed by atoms with Crippen molar-refractivity contribution in [2.45, 2.75) is 0 Å². The number of hydrogen-bond acceptors (Lipinski definition) is 6. The van der Waals surface area contributed by atoms with Gasteiger partial charge in [0.1, 0.15) is 6.33 Å². The smallest absolute Gasteiger partial charge is 0.334 e. The highest BCUT2D eigenvalue weighted by Crippen LogP contribution is 2.33. The summed E-state index contributed by atoms with van der Waals surface area (Å²) in [6.45, 7) is 0. The van der Waals surface area contributed by atoms with Crippen LogP contribution in [0.25, 0.3) is 0 Å². The van der Waals surface area contributed by atoms with Gasteiger partial charge in [-0.15, -0.1) is 0 Å². The van der Waals surface area contributed by atoms with Crippen LogP contribution in [-0.4, -0.2) is 14.9 Å². The molecule has 1 aromatic heterocycles. The third-order valence-electron chi connectivity index (χ3n) is 3.22. The van der Waals surface area contributed by atoms with Crippen LogP contribution in [0.1, 0.15) is 0 Å². The van der Waals surface area contributed by atoms with Gasteiger partial charge in [0.15, 0.2) is 0 Å². The molecule has 3 aromatic rings. The average Bonchev–Trinajstić information content (AvgIpc) is 2.59. The summed E-state index contributed by atoms with van der Waals surface area (Å²) in [5, 5.41) is 18.0. The van der Waals surface area contributed by atoms with E-state index < -0.39 is 4.92 Å². The van der Waals surface area contributed by atoms with E-state index in [-0.39, 0.29) is 17.3 Å². The van der Waals surface area contributed by atoms with Gasteiger partial charge in [-0.2, -0.15) is 0 Å². The predicted molar refractivity (Wildman–Crippen MR) is 101 cm³/mol. The van der Waals surface area contributed by atoms with Crippen LogP contribution in [0.2, 0.25) is 5.02 Å². The van der Waals surface area contributed by atoms with Gasteiger partial charge in [0, 0.05) is 20.9 Å². The minimum atomic E-state index is -0.528. The van der Waals surface area contributed by atoms with Gasteiger partial charge >= 0.3 is 5.69 Å². The molecule has 0 saturated heterocycles. The number of halogens is 2. The fourth-order valence-corrected chi connectivity index (χ4v) is 2.46. The summed E-state index contributed by atoms with van der Waals surface area (Å²) in [7, 11) is 0. The highest BCUT2D eigenvalue weighted by Gasteiger charge is 2.23. The number of hydrogen-bond donors (Lipinski definition) is 2. The number of nitrogens with one attached hydrogen (secondary N) is 2. The van der Waals surface area contributed by atoms with Crippen molar-refractivity contribution in [1.82, 2.24) is 9.97 Å². The Morgan fingerprint density at radius 3 is 1.88 bits per heavy atom. The van der Waals surface area contributed by atoms with E-state index >= 15 is 0 Å². The molecule has 0 atom stereocenters. The summed E-state index contributed by atoms with van der Waals surface area (Å²) in [6, 6.07) is 14.0. The van der Waals surface area contributed by atoms with E-state index in [2.05, 4.69) is 36.5 Å². The van der Waals surface area contributed by atoms with E-state index in [4.69, 9.17) is 11.6 Å². The van der Waals surface area contributed by atoms with Crippen LogP contribution in [0.5, 0.6) is 0 Å². The van der Waals surface area contributed by atoms with E-state index in [0.29, 0.717) is 16.4 Å². The van der Waals surface area contributed by atoms with E-state index in [1.807, 2.05) is 12.1 Å². The monoisotopic (exact) mass is 419 g/mol. The Morgan fingerprint density at radius 1 is 0.920 bits per heavy atom. The molecule has 9 heteroatoms. The third-order valence-corrected chi connectivity index (χ3v) is 4.00. The fourth-order valence-electron chi connectivity index (χ4n) is 2.07. The molecule has 2 N–H and O–H groups in total. The predicted octanol–water partition coefficient (Wildman–Crippen LogP) is 5.29. The number of benzene rings is 2. The van der Waals surface area contributed by atoms with Crippen LogP contribution in [-0.2, 0) is 0 Å². The largest absolute Gasteiger partial charge is 0.353 e. The molecule has 0 aliphatic heterocycles. The van der Waals surface area contributed by atoms with Crippen molar-refractivity contribution in [2.24, 2.45) is 0 Å². The lowest BCUT2D eigenvalue weighted by Crippen LogP contribution is -2.05. The van der Waals surface area contributed by atoms with Gasteiger partial charge in [-0.05, 0) is 48.5 Å². The summed E-state index contributed by atoms with van der Waals surface area (Å²) in [5.74, 6) is 0.181. The zero-order valence-corrected chi connectivity index (χ0v) is 15.0. The van der Waals surface area contributed by atoms with Gasteiger partial charge < -0.3 is 10.6 Å². The second-order valence-electron chi connectivity index (χ2n) is 4.94. The summed E-state index contributed by atoms with van der Waals surface area (Å²) >= 11 is 9.19. The Hall–Kier alpha value is -2.71. The van der Waals surface area contributed by atoms with Gasteiger partial charge in [0.05, 0.1) is 4.92 Å². The molecule has 7 nitrogen and oxygen atoms in total. The van der Waals surface area contributed by atoms with E-state index in [9.17, 15) is 10.1 Å². The molecule has 126 valence electrons. The highest BCUT2D eigenvalue weighted by atomic mass is 79.9.